The SMILES string of the molecule is Cc1ccc(N)cc1S(C)(=O)=O. The van der Waals surface area contributed by atoms with Crippen molar-refractivity contribution in [3.8, 4) is 0 Å². The number of nitrogen functional groups attached to an aromatic ring is 1. The maximum Gasteiger partial charge on any atom is 0.175 e. The molecular weight excluding hydrogens is 174 g/mol. The van der Waals surface area contributed by atoms with Crippen LogP contribution < -0.4 is 5.73 Å². The molecule has 0 bridgehead atoms. The largest absolute Gasteiger partial charge is 0.399 e. The van der Waals surface area contributed by atoms with E-state index >= 15 is 0 Å². The van der Waals surface area contributed by atoms with Crippen molar-refractivity contribution in [2.45, 2.75) is 11.8 Å². The van der Waals surface area contributed by atoms with Crippen LogP contribution in [0.1, 0.15) is 5.56 Å². The van der Waals surface area contributed by atoms with Crippen LogP contribution in [0, 0.1) is 6.92 Å². The number of benzene rings is 1. The highest BCUT2D eigenvalue weighted by Gasteiger charge is 2.09. The second kappa shape index (κ2) is 2.79. The number of anilines is 1. The van der Waals surface area contributed by atoms with Crippen molar-refractivity contribution in [3.05, 3.63) is 23.8 Å². The van der Waals surface area contributed by atoms with Crippen molar-refractivity contribution in [2.24, 2.45) is 0 Å². The average Bonchev–Trinajstić information content (AvgIpc) is 1.92. The first-order valence-corrected chi connectivity index (χ1v) is 5.36. The molecular formula is C8H11NO2S. The van der Waals surface area contributed by atoms with Crippen LogP contribution >= 0.6 is 0 Å². The summed E-state index contributed by atoms with van der Waals surface area (Å²) in [5.74, 6) is 0. The quantitative estimate of drug-likeness (QED) is 0.663. The second-order valence-electron chi connectivity index (χ2n) is 2.80. The monoisotopic (exact) mass is 185 g/mol. The minimum absolute atomic E-state index is 0.308. The lowest BCUT2D eigenvalue weighted by Gasteiger charge is -2.03. The first kappa shape index (κ1) is 9.06. The summed E-state index contributed by atoms with van der Waals surface area (Å²) >= 11 is 0. The Morgan fingerprint density at radius 1 is 1.33 bits per heavy atom. The van der Waals surface area contributed by atoms with E-state index in [1.54, 1.807) is 19.1 Å². The lowest BCUT2D eigenvalue weighted by Crippen LogP contribution is -2.00. The topological polar surface area (TPSA) is 60.2 Å². The van der Waals surface area contributed by atoms with Crippen molar-refractivity contribution in [2.75, 3.05) is 12.0 Å². The summed E-state index contributed by atoms with van der Waals surface area (Å²) in [5, 5.41) is 0. The molecule has 0 aliphatic rings. The molecule has 0 spiro atoms. The fraction of sp³-hybridized carbons (Fsp3) is 0.250. The molecule has 1 rings (SSSR count). The maximum absolute atomic E-state index is 11.2. The van der Waals surface area contributed by atoms with Gasteiger partial charge in [0, 0.05) is 11.9 Å². The van der Waals surface area contributed by atoms with Crippen molar-refractivity contribution in [1.82, 2.24) is 0 Å². The zero-order chi connectivity index (χ0) is 9.35. The Kier molecular flexibility index (Phi) is 2.10. The van der Waals surface area contributed by atoms with E-state index in [0.29, 0.717) is 10.6 Å². The van der Waals surface area contributed by atoms with Gasteiger partial charge in [0.1, 0.15) is 0 Å². The lowest BCUT2D eigenvalue weighted by atomic mass is 10.2. The summed E-state index contributed by atoms with van der Waals surface area (Å²) in [7, 11) is -3.14. The number of aryl methyl sites for hydroxylation is 1. The second-order valence-corrected chi connectivity index (χ2v) is 4.78. The predicted molar refractivity (Wildman–Crippen MR) is 48.7 cm³/mol. The Morgan fingerprint density at radius 2 is 1.92 bits per heavy atom. The van der Waals surface area contributed by atoms with Crippen molar-refractivity contribution in [1.29, 1.82) is 0 Å². The van der Waals surface area contributed by atoms with Crippen molar-refractivity contribution >= 4 is 15.5 Å². The van der Waals surface area contributed by atoms with E-state index in [4.69, 9.17) is 5.73 Å². The highest BCUT2D eigenvalue weighted by molar-refractivity contribution is 7.90. The zero-order valence-electron chi connectivity index (χ0n) is 7.03. The highest BCUT2D eigenvalue weighted by atomic mass is 32.2. The molecule has 0 aromatic heterocycles. The van der Waals surface area contributed by atoms with Gasteiger partial charge in [-0.25, -0.2) is 8.42 Å². The van der Waals surface area contributed by atoms with Crippen LogP contribution in [0.5, 0.6) is 0 Å². The number of rotatable bonds is 1. The summed E-state index contributed by atoms with van der Waals surface area (Å²) in [6.45, 7) is 1.75. The van der Waals surface area contributed by atoms with E-state index in [1.807, 2.05) is 0 Å². The zero-order valence-corrected chi connectivity index (χ0v) is 7.85. The van der Waals surface area contributed by atoms with Gasteiger partial charge in [-0.1, -0.05) is 6.07 Å². The molecule has 0 heterocycles. The molecule has 3 nitrogen and oxygen atoms in total. The van der Waals surface area contributed by atoms with E-state index in [-0.39, 0.29) is 0 Å². The van der Waals surface area contributed by atoms with E-state index in [1.165, 1.54) is 12.3 Å². The van der Waals surface area contributed by atoms with Gasteiger partial charge in [0.25, 0.3) is 0 Å². The standard InChI is InChI=1S/C8H11NO2S/c1-6-3-4-7(9)5-8(6)12(2,10)11/h3-5H,9H2,1-2H3. The molecule has 4 heteroatoms. The molecule has 0 saturated heterocycles. The van der Waals surface area contributed by atoms with Crippen molar-refractivity contribution < 1.29 is 8.42 Å². The molecule has 0 saturated carbocycles. The summed E-state index contributed by atoms with van der Waals surface area (Å²) in [6.07, 6.45) is 1.18. The third-order valence-corrected chi connectivity index (χ3v) is 2.85. The Bertz CT molecular complexity index is 396. The van der Waals surface area contributed by atoms with Gasteiger partial charge >= 0.3 is 0 Å². The van der Waals surface area contributed by atoms with Crippen LogP contribution in [0.25, 0.3) is 0 Å². The Balaban J connectivity index is 3.43. The van der Waals surface area contributed by atoms with Crippen LogP contribution in [0.3, 0.4) is 0 Å². The number of hydrogen-bond donors (Lipinski definition) is 1. The lowest BCUT2D eigenvalue weighted by molar-refractivity contribution is 0.601. The Hall–Kier alpha value is -1.03. The predicted octanol–water partition coefficient (Wildman–Crippen LogP) is 0.981. The van der Waals surface area contributed by atoms with Gasteiger partial charge in [0.05, 0.1) is 4.90 Å². The molecule has 1 aromatic carbocycles. The fourth-order valence-corrected chi connectivity index (χ4v) is 2.02. The molecule has 12 heavy (non-hydrogen) atoms. The third-order valence-electron chi connectivity index (χ3n) is 1.61. The number of hydrogen-bond acceptors (Lipinski definition) is 3. The third kappa shape index (κ3) is 1.76. The molecule has 0 aliphatic heterocycles. The first-order valence-electron chi connectivity index (χ1n) is 3.47. The van der Waals surface area contributed by atoms with Crippen LogP contribution in [-0.4, -0.2) is 14.7 Å². The molecule has 1 aromatic rings. The maximum atomic E-state index is 11.2. The molecule has 0 unspecified atom stereocenters. The summed E-state index contributed by atoms with van der Waals surface area (Å²) in [4.78, 5) is 0.308. The van der Waals surface area contributed by atoms with Gasteiger partial charge in [-0.2, -0.15) is 0 Å². The Morgan fingerprint density at radius 3 is 2.33 bits per heavy atom. The molecule has 0 radical (unpaired) electrons. The van der Waals surface area contributed by atoms with E-state index in [0.717, 1.165) is 5.56 Å². The first-order chi connectivity index (χ1) is 5.41. The van der Waals surface area contributed by atoms with Gasteiger partial charge in [0.15, 0.2) is 9.84 Å². The number of sulfone groups is 1. The van der Waals surface area contributed by atoms with Crippen molar-refractivity contribution in [3.63, 3.8) is 0 Å². The van der Waals surface area contributed by atoms with Gasteiger partial charge in [0.2, 0.25) is 0 Å². The van der Waals surface area contributed by atoms with E-state index < -0.39 is 9.84 Å². The smallest absolute Gasteiger partial charge is 0.175 e. The summed E-state index contributed by atoms with van der Waals surface area (Å²) in [5.41, 5.74) is 6.66. The highest BCUT2D eigenvalue weighted by Crippen LogP contribution is 2.17. The summed E-state index contributed by atoms with van der Waals surface area (Å²) in [6, 6.07) is 4.86. The van der Waals surface area contributed by atoms with E-state index in [2.05, 4.69) is 0 Å². The molecule has 0 fully saturated rings. The minimum atomic E-state index is -3.14. The van der Waals surface area contributed by atoms with Gasteiger partial charge in [-0.15, -0.1) is 0 Å². The van der Waals surface area contributed by atoms with Gasteiger partial charge in [-0.05, 0) is 24.6 Å². The Labute approximate surface area is 72.1 Å². The van der Waals surface area contributed by atoms with E-state index in [9.17, 15) is 8.42 Å². The van der Waals surface area contributed by atoms with Crippen LogP contribution in [0.4, 0.5) is 5.69 Å². The molecule has 66 valence electrons. The normalized spacial score (nSPS) is 11.5. The van der Waals surface area contributed by atoms with Crippen LogP contribution in [0.15, 0.2) is 23.1 Å². The molecule has 0 amide bonds. The molecule has 0 atom stereocenters. The minimum Gasteiger partial charge on any atom is -0.399 e. The van der Waals surface area contributed by atoms with Gasteiger partial charge in [-0.3, -0.25) is 0 Å². The molecule has 2 N–H and O–H groups in total. The average molecular weight is 185 g/mol. The van der Waals surface area contributed by atoms with Gasteiger partial charge < -0.3 is 5.73 Å². The summed E-state index contributed by atoms with van der Waals surface area (Å²) < 4.78 is 22.3. The molecule has 0 aliphatic carbocycles. The van der Waals surface area contributed by atoms with Crippen LogP contribution in [0.2, 0.25) is 0 Å². The van der Waals surface area contributed by atoms with Crippen LogP contribution in [-0.2, 0) is 9.84 Å². The fourth-order valence-electron chi connectivity index (χ4n) is 1.02. The number of nitrogens with two attached hydrogens (primary N) is 1.